The number of hydrogen-bond acceptors (Lipinski definition) is 7. The van der Waals surface area contributed by atoms with Crippen LogP contribution < -0.4 is 0 Å². The summed E-state index contributed by atoms with van der Waals surface area (Å²) in [5.74, 6) is -0.920. The summed E-state index contributed by atoms with van der Waals surface area (Å²) in [5, 5.41) is 0. The number of methoxy groups -OCH3 is 2. The molecule has 0 aromatic rings. The quantitative estimate of drug-likeness (QED) is 0.345. The Balaban J connectivity index is 4.93. The van der Waals surface area contributed by atoms with Gasteiger partial charge in [0, 0.05) is 40.6 Å². The van der Waals surface area contributed by atoms with Crippen LogP contribution in [0, 0.1) is 0 Å². The van der Waals surface area contributed by atoms with E-state index in [9.17, 15) is 0 Å². The van der Waals surface area contributed by atoms with E-state index in [0.29, 0.717) is 46.2 Å². The summed E-state index contributed by atoms with van der Waals surface area (Å²) in [6, 6.07) is 0. The Labute approximate surface area is 153 Å². The molecule has 0 saturated heterocycles. The smallest absolute Gasteiger partial charge is 0.216 e. The highest BCUT2D eigenvalue weighted by atomic mass is 16.7. The van der Waals surface area contributed by atoms with E-state index >= 15 is 0 Å². The Morgan fingerprint density at radius 2 is 1.24 bits per heavy atom. The first-order valence-electron chi connectivity index (χ1n) is 9.12. The predicted molar refractivity (Wildman–Crippen MR) is 96.0 cm³/mol. The molecule has 7 nitrogen and oxygen atoms in total. The van der Waals surface area contributed by atoms with Gasteiger partial charge in [0.1, 0.15) is 18.8 Å². The maximum Gasteiger partial charge on any atom is 0.216 e. The van der Waals surface area contributed by atoms with E-state index in [4.69, 9.17) is 33.2 Å². The highest BCUT2D eigenvalue weighted by molar-refractivity contribution is 4.81. The lowest BCUT2D eigenvalue weighted by Gasteiger charge is -2.36. The van der Waals surface area contributed by atoms with Crippen LogP contribution in [0.5, 0.6) is 0 Å². The molecule has 0 bridgehead atoms. The van der Waals surface area contributed by atoms with E-state index in [-0.39, 0.29) is 13.2 Å². The van der Waals surface area contributed by atoms with Crippen molar-refractivity contribution in [1.82, 2.24) is 0 Å². The predicted octanol–water partition coefficient (Wildman–Crippen LogP) is 2.27. The van der Waals surface area contributed by atoms with Crippen molar-refractivity contribution in [3.05, 3.63) is 0 Å². The van der Waals surface area contributed by atoms with Gasteiger partial charge in [-0.05, 0) is 27.2 Å². The molecule has 2 unspecified atom stereocenters. The molecule has 0 amide bonds. The zero-order chi connectivity index (χ0) is 19.0. The molecule has 0 rings (SSSR count). The van der Waals surface area contributed by atoms with Crippen LogP contribution in [-0.2, 0) is 33.2 Å². The normalized spacial score (nSPS) is 16.6. The van der Waals surface area contributed by atoms with Crippen molar-refractivity contribution in [3.8, 4) is 0 Å². The molecule has 7 heteroatoms. The first-order chi connectivity index (χ1) is 12.1. The third-order valence-corrected chi connectivity index (χ3v) is 3.46. The average Bonchev–Trinajstić information content (AvgIpc) is 2.59. The molecule has 0 saturated carbocycles. The van der Waals surface area contributed by atoms with E-state index < -0.39 is 11.4 Å². The topological polar surface area (TPSA) is 64.6 Å². The maximum atomic E-state index is 5.95. The Hall–Kier alpha value is -0.280. The summed E-state index contributed by atoms with van der Waals surface area (Å²) in [4.78, 5) is 0. The molecule has 0 aliphatic heterocycles. The van der Waals surface area contributed by atoms with E-state index in [1.54, 1.807) is 14.2 Å². The van der Waals surface area contributed by atoms with Gasteiger partial charge in [-0.2, -0.15) is 0 Å². The highest BCUT2D eigenvalue weighted by Gasteiger charge is 2.36. The Morgan fingerprint density at radius 3 is 1.76 bits per heavy atom. The molecule has 0 radical (unpaired) electrons. The molecule has 2 atom stereocenters. The van der Waals surface area contributed by atoms with Gasteiger partial charge in [0.25, 0.3) is 0 Å². The third-order valence-electron chi connectivity index (χ3n) is 3.46. The van der Waals surface area contributed by atoms with E-state index in [2.05, 4.69) is 0 Å². The number of hydrogen-bond donors (Lipinski definition) is 0. The lowest BCUT2D eigenvalue weighted by molar-refractivity contribution is -0.284. The van der Waals surface area contributed by atoms with Crippen LogP contribution >= 0.6 is 0 Å². The van der Waals surface area contributed by atoms with Gasteiger partial charge in [0.15, 0.2) is 0 Å². The highest BCUT2D eigenvalue weighted by Crippen LogP contribution is 2.19. The molecule has 0 aliphatic carbocycles. The minimum atomic E-state index is -0.920. The summed E-state index contributed by atoms with van der Waals surface area (Å²) in [7, 11) is 3.26. The van der Waals surface area contributed by atoms with Crippen LogP contribution in [0.3, 0.4) is 0 Å². The molecule has 0 N–H and O–H groups in total. The lowest BCUT2D eigenvalue weighted by Crippen LogP contribution is -2.50. The second-order valence-corrected chi connectivity index (χ2v) is 5.80. The zero-order valence-corrected chi connectivity index (χ0v) is 16.9. The van der Waals surface area contributed by atoms with Crippen molar-refractivity contribution < 1.29 is 33.2 Å². The summed E-state index contributed by atoms with van der Waals surface area (Å²) in [6.07, 6.45) is 0.884. The molecule has 25 heavy (non-hydrogen) atoms. The minimum Gasteiger partial charge on any atom is -0.382 e. The summed E-state index contributed by atoms with van der Waals surface area (Å²) in [5.41, 5.74) is -0.657. The Bertz CT molecular complexity index is 259. The standard InChI is InChI=1S/C18H38O7/c1-7-11-25-18(15-20-6,24-10-4)16-22-14-17(12-19-5,23-9-3)13-21-8-2/h7-16H2,1-6H3. The van der Waals surface area contributed by atoms with Crippen LogP contribution in [0.2, 0.25) is 0 Å². The molecule has 152 valence electrons. The van der Waals surface area contributed by atoms with Crippen LogP contribution in [0.1, 0.15) is 34.1 Å². The first kappa shape index (κ1) is 24.7. The molecular formula is C18H38O7. The third kappa shape index (κ3) is 9.84. The van der Waals surface area contributed by atoms with Gasteiger partial charge in [-0.25, -0.2) is 0 Å². The monoisotopic (exact) mass is 366 g/mol. The zero-order valence-electron chi connectivity index (χ0n) is 16.9. The van der Waals surface area contributed by atoms with E-state index in [1.165, 1.54) is 0 Å². The van der Waals surface area contributed by atoms with Gasteiger partial charge >= 0.3 is 0 Å². The molecule has 0 aliphatic rings. The van der Waals surface area contributed by atoms with Crippen LogP contribution in [-0.4, -0.2) is 85.1 Å². The van der Waals surface area contributed by atoms with Crippen molar-refractivity contribution in [1.29, 1.82) is 0 Å². The fourth-order valence-corrected chi connectivity index (χ4v) is 2.52. The second kappa shape index (κ2) is 14.8. The summed E-state index contributed by atoms with van der Waals surface area (Å²) in [6.45, 7) is 11.7. The Kier molecular flexibility index (Phi) is 14.7. The molecule has 0 heterocycles. The molecular weight excluding hydrogens is 328 g/mol. The second-order valence-electron chi connectivity index (χ2n) is 5.80. The molecule has 0 aromatic heterocycles. The minimum absolute atomic E-state index is 0.235. The van der Waals surface area contributed by atoms with E-state index in [1.807, 2.05) is 27.7 Å². The number of ether oxygens (including phenoxy) is 7. The Morgan fingerprint density at radius 1 is 0.600 bits per heavy atom. The van der Waals surface area contributed by atoms with Crippen molar-refractivity contribution in [2.24, 2.45) is 0 Å². The summed E-state index contributed by atoms with van der Waals surface area (Å²) < 4.78 is 39.8. The van der Waals surface area contributed by atoms with Gasteiger partial charge in [0.05, 0.1) is 19.8 Å². The molecule has 0 fully saturated rings. The van der Waals surface area contributed by atoms with E-state index in [0.717, 1.165) is 6.42 Å². The first-order valence-corrected chi connectivity index (χ1v) is 9.12. The lowest BCUT2D eigenvalue weighted by atomic mass is 10.1. The van der Waals surface area contributed by atoms with Crippen molar-refractivity contribution in [2.45, 2.75) is 45.5 Å². The van der Waals surface area contributed by atoms with Crippen molar-refractivity contribution in [2.75, 3.05) is 73.7 Å². The summed E-state index contributed by atoms with van der Waals surface area (Å²) >= 11 is 0. The molecule has 0 spiro atoms. The van der Waals surface area contributed by atoms with Crippen molar-refractivity contribution >= 4 is 0 Å². The largest absolute Gasteiger partial charge is 0.382 e. The van der Waals surface area contributed by atoms with Gasteiger partial charge < -0.3 is 33.2 Å². The van der Waals surface area contributed by atoms with Crippen LogP contribution in [0.4, 0.5) is 0 Å². The van der Waals surface area contributed by atoms with Crippen molar-refractivity contribution in [3.63, 3.8) is 0 Å². The van der Waals surface area contributed by atoms with Crippen LogP contribution in [0.15, 0.2) is 0 Å². The van der Waals surface area contributed by atoms with Gasteiger partial charge in [-0.3, -0.25) is 0 Å². The van der Waals surface area contributed by atoms with Gasteiger partial charge in [-0.15, -0.1) is 0 Å². The van der Waals surface area contributed by atoms with Gasteiger partial charge in [-0.1, -0.05) is 6.92 Å². The van der Waals surface area contributed by atoms with Gasteiger partial charge in [0.2, 0.25) is 5.79 Å². The number of rotatable bonds is 18. The average molecular weight is 366 g/mol. The SMILES string of the molecule is CCCOC(COC)(COCC(COC)(COCC)OCC)OCC. The fourth-order valence-electron chi connectivity index (χ4n) is 2.52. The fraction of sp³-hybridized carbons (Fsp3) is 1.00. The molecule has 0 aromatic carbocycles. The van der Waals surface area contributed by atoms with Crippen LogP contribution in [0.25, 0.3) is 0 Å². The maximum absolute atomic E-state index is 5.95.